The third-order valence-corrected chi connectivity index (χ3v) is 7.45. The number of hydrogen-bond acceptors (Lipinski definition) is 6. The molecule has 26 heavy (non-hydrogen) atoms. The van der Waals surface area contributed by atoms with E-state index in [1.54, 1.807) is 23.1 Å². The Bertz CT molecular complexity index is 870. The summed E-state index contributed by atoms with van der Waals surface area (Å²) in [4.78, 5) is 36.4. The van der Waals surface area contributed by atoms with Gasteiger partial charge in [0.2, 0.25) is 5.91 Å². The van der Waals surface area contributed by atoms with E-state index in [2.05, 4.69) is 15.3 Å². The van der Waals surface area contributed by atoms with Gasteiger partial charge in [-0.2, -0.15) is 11.8 Å². The van der Waals surface area contributed by atoms with Crippen LogP contribution in [0, 0.1) is 0 Å². The van der Waals surface area contributed by atoms with Crippen molar-refractivity contribution in [2.75, 3.05) is 25.9 Å². The van der Waals surface area contributed by atoms with Gasteiger partial charge >= 0.3 is 0 Å². The third kappa shape index (κ3) is 3.54. The molecule has 1 aliphatic carbocycles. The van der Waals surface area contributed by atoms with Crippen LogP contribution in [0.3, 0.4) is 0 Å². The normalized spacial score (nSPS) is 19.2. The third-order valence-electron chi connectivity index (χ3n) is 5.30. The van der Waals surface area contributed by atoms with Crippen molar-refractivity contribution in [3.63, 3.8) is 0 Å². The van der Waals surface area contributed by atoms with Gasteiger partial charge in [-0.15, -0.1) is 11.3 Å². The zero-order valence-electron chi connectivity index (χ0n) is 15.0. The Morgan fingerprint density at radius 1 is 1.42 bits per heavy atom. The molecule has 2 aromatic rings. The van der Waals surface area contributed by atoms with E-state index in [1.807, 2.05) is 11.9 Å². The number of hydrogen-bond donors (Lipinski definition) is 2. The van der Waals surface area contributed by atoms with Crippen LogP contribution < -0.4 is 10.9 Å². The van der Waals surface area contributed by atoms with Gasteiger partial charge in [0.05, 0.1) is 11.1 Å². The van der Waals surface area contributed by atoms with E-state index in [0.717, 1.165) is 54.7 Å². The molecule has 6 nitrogen and oxygen atoms in total. The summed E-state index contributed by atoms with van der Waals surface area (Å²) in [5.74, 6) is 2.29. The van der Waals surface area contributed by atoms with Crippen molar-refractivity contribution < 1.29 is 4.79 Å². The second kappa shape index (κ2) is 7.70. The molecular formula is C18H24N4O2S2. The minimum atomic E-state index is -0.00505. The Morgan fingerprint density at radius 3 is 3.12 bits per heavy atom. The van der Waals surface area contributed by atoms with Gasteiger partial charge in [-0.1, -0.05) is 0 Å². The highest BCUT2D eigenvalue weighted by molar-refractivity contribution is 7.98. The molecule has 8 heteroatoms. The molecule has 0 spiro atoms. The summed E-state index contributed by atoms with van der Waals surface area (Å²) in [5, 5.41) is 4.09. The first-order valence-electron chi connectivity index (χ1n) is 9.21. The lowest BCUT2D eigenvalue weighted by Crippen LogP contribution is -2.38. The number of nitrogens with zero attached hydrogens (tertiary/aromatic N) is 2. The molecule has 0 radical (unpaired) electrons. The van der Waals surface area contributed by atoms with Crippen molar-refractivity contribution in [3.8, 4) is 0 Å². The maximum absolute atomic E-state index is 12.4. The van der Waals surface area contributed by atoms with Crippen LogP contribution >= 0.6 is 23.1 Å². The molecule has 0 saturated carbocycles. The molecule has 140 valence electrons. The first kappa shape index (κ1) is 18.0. The summed E-state index contributed by atoms with van der Waals surface area (Å²) in [6, 6.07) is 0.328. The Labute approximate surface area is 160 Å². The molecule has 1 fully saturated rings. The molecule has 1 aliphatic heterocycles. The predicted octanol–water partition coefficient (Wildman–Crippen LogP) is 1.92. The lowest BCUT2D eigenvalue weighted by atomic mass is 10.2. The molecule has 1 atom stereocenters. The molecule has 4 rings (SSSR count). The minimum absolute atomic E-state index is 0.00505. The number of rotatable bonds is 6. The number of H-pyrrole nitrogens is 1. The molecule has 3 heterocycles. The van der Waals surface area contributed by atoms with Crippen LogP contribution in [0.4, 0.5) is 0 Å². The van der Waals surface area contributed by atoms with Gasteiger partial charge in [0.15, 0.2) is 0 Å². The highest BCUT2D eigenvalue weighted by Gasteiger charge is 2.23. The topological polar surface area (TPSA) is 78.1 Å². The standard InChI is InChI=1S/C18H24N4O2S2/c1-22(11-5-7-19-9-11)15(23)6-8-25-10-14-20-17(24)16-12-3-2-4-13(12)26-18(16)21-14/h11,19H,2-10H2,1H3,(H,20,21,24). The summed E-state index contributed by atoms with van der Waals surface area (Å²) < 4.78 is 0. The van der Waals surface area contributed by atoms with Crippen LogP contribution in [0.25, 0.3) is 10.2 Å². The molecule has 2 aromatic heterocycles. The van der Waals surface area contributed by atoms with E-state index in [9.17, 15) is 9.59 Å². The first-order chi connectivity index (χ1) is 12.6. The predicted molar refractivity (Wildman–Crippen MR) is 107 cm³/mol. The van der Waals surface area contributed by atoms with Crippen molar-refractivity contribution in [2.24, 2.45) is 0 Å². The SMILES string of the molecule is CN(C(=O)CCSCc1nc2sc3c(c2c(=O)[nH]1)CCC3)C1CCNC1. The fraction of sp³-hybridized carbons (Fsp3) is 0.611. The molecular weight excluding hydrogens is 368 g/mol. The van der Waals surface area contributed by atoms with Gasteiger partial charge in [-0.05, 0) is 37.8 Å². The summed E-state index contributed by atoms with van der Waals surface area (Å²) >= 11 is 3.32. The van der Waals surface area contributed by atoms with Crippen LogP contribution in [-0.4, -0.2) is 52.7 Å². The minimum Gasteiger partial charge on any atom is -0.341 e. The Hall–Kier alpha value is -1.38. The summed E-state index contributed by atoms with van der Waals surface area (Å²) in [6.45, 7) is 1.88. The number of carbonyl (C=O) groups is 1. The second-order valence-electron chi connectivity index (χ2n) is 7.00. The van der Waals surface area contributed by atoms with E-state index in [-0.39, 0.29) is 11.5 Å². The maximum atomic E-state index is 12.4. The Kier molecular flexibility index (Phi) is 5.33. The molecule has 0 aromatic carbocycles. The van der Waals surface area contributed by atoms with Gasteiger partial charge in [0.1, 0.15) is 10.7 Å². The quantitative estimate of drug-likeness (QED) is 0.735. The number of likely N-dealkylation sites (N-methyl/N-ethyl adjacent to an activating group) is 1. The summed E-state index contributed by atoms with van der Waals surface area (Å²) in [6.07, 6.45) is 4.78. The van der Waals surface area contributed by atoms with Crippen LogP contribution in [0.15, 0.2) is 4.79 Å². The zero-order chi connectivity index (χ0) is 18.1. The van der Waals surface area contributed by atoms with Crippen LogP contribution in [-0.2, 0) is 23.4 Å². The average Bonchev–Trinajstić information content (AvgIpc) is 3.34. The lowest BCUT2D eigenvalue weighted by Gasteiger charge is -2.23. The van der Waals surface area contributed by atoms with Gasteiger partial charge < -0.3 is 15.2 Å². The highest BCUT2D eigenvalue weighted by Crippen LogP contribution is 2.34. The fourth-order valence-electron chi connectivity index (χ4n) is 3.79. The van der Waals surface area contributed by atoms with Crippen molar-refractivity contribution in [3.05, 3.63) is 26.6 Å². The van der Waals surface area contributed by atoms with E-state index in [4.69, 9.17) is 0 Å². The lowest BCUT2D eigenvalue weighted by molar-refractivity contribution is -0.131. The number of aromatic nitrogens is 2. The van der Waals surface area contributed by atoms with Gasteiger partial charge in [-0.25, -0.2) is 4.98 Å². The van der Waals surface area contributed by atoms with E-state index in [1.165, 1.54) is 10.4 Å². The number of thiophene rings is 1. The second-order valence-corrected chi connectivity index (χ2v) is 9.19. The summed E-state index contributed by atoms with van der Waals surface area (Å²) in [5.41, 5.74) is 1.21. The maximum Gasteiger partial charge on any atom is 0.259 e. The first-order valence-corrected chi connectivity index (χ1v) is 11.2. The number of aromatic amines is 1. The van der Waals surface area contributed by atoms with Crippen molar-refractivity contribution >= 4 is 39.2 Å². The molecule has 2 aliphatic rings. The van der Waals surface area contributed by atoms with Gasteiger partial charge in [-0.3, -0.25) is 9.59 Å². The average molecular weight is 393 g/mol. The van der Waals surface area contributed by atoms with Crippen molar-refractivity contribution in [2.45, 2.75) is 43.9 Å². The number of amides is 1. The van der Waals surface area contributed by atoms with Crippen LogP contribution in [0.2, 0.25) is 0 Å². The molecule has 0 bridgehead atoms. The number of fused-ring (bicyclic) bond motifs is 3. The Balaban J connectivity index is 1.32. The van der Waals surface area contributed by atoms with Crippen LogP contribution in [0.1, 0.15) is 35.5 Å². The zero-order valence-corrected chi connectivity index (χ0v) is 16.6. The van der Waals surface area contributed by atoms with Crippen molar-refractivity contribution in [1.29, 1.82) is 0 Å². The smallest absolute Gasteiger partial charge is 0.259 e. The highest BCUT2D eigenvalue weighted by atomic mass is 32.2. The molecule has 2 N–H and O–H groups in total. The fourth-order valence-corrected chi connectivity index (χ4v) is 5.87. The molecule has 1 unspecified atom stereocenters. The van der Waals surface area contributed by atoms with Crippen molar-refractivity contribution in [1.82, 2.24) is 20.2 Å². The van der Waals surface area contributed by atoms with Gasteiger partial charge in [0, 0.05) is 36.7 Å². The number of nitrogens with one attached hydrogen (secondary N) is 2. The van der Waals surface area contributed by atoms with Crippen LogP contribution in [0.5, 0.6) is 0 Å². The molecule has 1 saturated heterocycles. The Morgan fingerprint density at radius 2 is 2.31 bits per heavy atom. The number of thioether (sulfide) groups is 1. The summed E-state index contributed by atoms with van der Waals surface area (Å²) in [7, 11) is 1.90. The molecule has 1 amide bonds. The largest absolute Gasteiger partial charge is 0.341 e. The monoisotopic (exact) mass is 392 g/mol. The van der Waals surface area contributed by atoms with E-state index >= 15 is 0 Å². The van der Waals surface area contributed by atoms with E-state index in [0.29, 0.717) is 24.0 Å². The number of aryl methyl sites for hydroxylation is 2. The van der Waals surface area contributed by atoms with E-state index < -0.39 is 0 Å². The number of carbonyl (C=O) groups excluding carboxylic acids is 1. The van der Waals surface area contributed by atoms with Gasteiger partial charge in [0.25, 0.3) is 5.56 Å².